The van der Waals surface area contributed by atoms with Gasteiger partial charge in [0.2, 0.25) is 0 Å². The highest BCUT2D eigenvalue weighted by Crippen LogP contribution is 2.43. The SMILES string of the molecule is CCC1CCC(n2c(CCCl)nc3c(C)cccc32)C1C. The summed E-state index contributed by atoms with van der Waals surface area (Å²) in [6, 6.07) is 7.10. The van der Waals surface area contributed by atoms with Gasteiger partial charge in [-0.3, -0.25) is 0 Å². The number of halogens is 1. The molecule has 2 aromatic rings. The second-order valence-corrected chi connectivity index (χ2v) is 6.83. The summed E-state index contributed by atoms with van der Waals surface area (Å²) in [6.45, 7) is 6.88. The van der Waals surface area contributed by atoms with Crippen molar-refractivity contribution < 1.29 is 0 Å². The van der Waals surface area contributed by atoms with Gasteiger partial charge in [-0.05, 0) is 43.2 Å². The molecule has 0 spiro atoms. The van der Waals surface area contributed by atoms with E-state index < -0.39 is 0 Å². The molecule has 1 aliphatic rings. The van der Waals surface area contributed by atoms with Crippen LogP contribution < -0.4 is 0 Å². The van der Waals surface area contributed by atoms with Gasteiger partial charge in [0.05, 0.1) is 11.0 Å². The highest BCUT2D eigenvalue weighted by atomic mass is 35.5. The van der Waals surface area contributed by atoms with E-state index in [1.54, 1.807) is 0 Å². The van der Waals surface area contributed by atoms with Crippen LogP contribution in [0.15, 0.2) is 18.2 Å². The molecule has 0 saturated heterocycles. The summed E-state index contributed by atoms with van der Waals surface area (Å²) in [4.78, 5) is 4.91. The Morgan fingerprint density at radius 2 is 2.14 bits per heavy atom. The van der Waals surface area contributed by atoms with Crippen LogP contribution in [0.2, 0.25) is 0 Å². The van der Waals surface area contributed by atoms with Crippen LogP contribution in [0.25, 0.3) is 11.0 Å². The van der Waals surface area contributed by atoms with Crippen LogP contribution in [0, 0.1) is 18.8 Å². The Balaban J connectivity index is 2.12. The van der Waals surface area contributed by atoms with Gasteiger partial charge < -0.3 is 4.57 Å². The van der Waals surface area contributed by atoms with Crippen molar-refractivity contribution in [3.63, 3.8) is 0 Å². The summed E-state index contributed by atoms with van der Waals surface area (Å²) < 4.78 is 2.50. The lowest BCUT2D eigenvalue weighted by molar-refractivity contribution is 0.329. The van der Waals surface area contributed by atoms with Gasteiger partial charge in [0.1, 0.15) is 5.82 Å². The number of nitrogens with zero attached hydrogens (tertiary/aromatic N) is 2. The smallest absolute Gasteiger partial charge is 0.111 e. The standard InChI is InChI=1S/C18H25ClN2/c1-4-14-8-9-15(13(14)3)21-16-7-5-6-12(2)18(16)20-17(21)10-11-19/h5-7,13-15H,4,8-11H2,1-3H3. The molecule has 0 amide bonds. The molecule has 1 aromatic heterocycles. The minimum absolute atomic E-state index is 0.583. The number of rotatable bonds is 4. The van der Waals surface area contributed by atoms with Crippen LogP contribution in [-0.4, -0.2) is 15.4 Å². The van der Waals surface area contributed by atoms with E-state index in [9.17, 15) is 0 Å². The molecule has 2 nitrogen and oxygen atoms in total. The van der Waals surface area contributed by atoms with Gasteiger partial charge in [-0.2, -0.15) is 0 Å². The lowest BCUT2D eigenvalue weighted by atomic mass is 9.93. The zero-order valence-corrected chi connectivity index (χ0v) is 14.0. The average Bonchev–Trinajstić information content (AvgIpc) is 3.01. The molecule has 0 bridgehead atoms. The molecule has 3 heteroatoms. The highest BCUT2D eigenvalue weighted by molar-refractivity contribution is 6.17. The fourth-order valence-corrected chi connectivity index (χ4v) is 4.27. The molecule has 3 unspecified atom stereocenters. The molecule has 1 aliphatic carbocycles. The number of para-hydroxylation sites is 1. The normalized spacial score (nSPS) is 25.8. The first-order valence-corrected chi connectivity index (χ1v) is 8.73. The molecule has 1 heterocycles. The maximum atomic E-state index is 6.02. The van der Waals surface area contributed by atoms with E-state index in [1.807, 2.05) is 0 Å². The van der Waals surface area contributed by atoms with Gasteiger partial charge in [-0.25, -0.2) is 4.98 Å². The number of benzene rings is 1. The molecule has 114 valence electrons. The van der Waals surface area contributed by atoms with Crippen molar-refractivity contribution >= 4 is 22.6 Å². The Kier molecular flexibility index (Phi) is 4.26. The van der Waals surface area contributed by atoms with E-state index >= 15 is 0 Å². The summed E-state index contributed by atoms with van der Waals surface area (Å²) >= 11 is 6.02. The van der Waals surface area contributed by atoms with E-state index in [0.29, 0.717) is 11.9 Å². The molecule has 0 N–H and O–H groups in total. The first-order chi connectivity index (χ1) is 10.2. The monoisotopic (exact) mass is 304 g/mol. The largest absolute Gasteiger partial charge is 0.325 e. The molecule has 3 atom stereocenters. The molecular weight excluding hydrogens is 280 g/mol. The number of hydrogen-bond acceptors (Lipinski definition) is 1. The first-order valence-electron chi connectivity index (χ1n) is 8.19. The van der Waals surface area contributed by atoms with Crippen LogP contribution in [-0.2, 0) is 6.42 Å². The Labute approximate surface area is 132 Å². The van der Waals surface area contributed by atoms with Crippen molar-refractivity contribution in [3.8, 4) is 0 Å². The zero-order valence-electron chi connectivity index (χ0n) is 13.3. The fourth-order valence-electron chi connectivity index (χ4n) is 4.10. The fraction of sp³-hybridized carbons (Fsp3) is 0.611. The van der Waals surface area contributed by atoms with Crippen LogP contribution in [0.5, 0.6) is 0 Å². The van der Waals surface area contributed by atoms with Crippen molar-refractivity contribution in [2.24, 2.45) is 11.8 Å². The number of alkyl halides is 1. The molecule has 0 aliphatic heterocycles. The topological polar surface area (TPSA) is 17.8 Å². The third-order valence-corrected chi connectivity index (χ3v) is 5.54. The number of hydrogen-bond donors (Lipinski definition) is 0. The van der Waals surface area contributed by atoms with E-state index in [0.717, 1.165) is 23.8 Å². The Morgan fingerprint density at radius 3 is 2.81 bits per heavy atom. The molecule has 21 heavy (non-hydrogen) atoms. The maximum absolute atomic E-state index is 6.02. The van der Waals surface area contributed by atoms with Crippen molar-refractivity contribution in [2.75, 3.05) is 5.88 Å². The molecule has 3 rings (SSSR count). The second kappa shape index (κ2) is 6.00. The maximum Gasteiger partial charge on any atom is 0.111 e. The summed E-state index contributed by atoms with van der Waals surface area (Å²) in [5.74, 6) is 3.38. The van der Waals surface area contributed by atoms with Crippen molar-refractivity contribution in [2.45, 2.75) is 52.5 Å². The molecule has 0 radical (unpaired) electrons. The molecule has 1 aromatic carbocycles. The Bertz CT molecular complexity index is 631. The summed E-state index contributed by atoms with van der Waals surface area (Å²) in [5, 5.41) is 0. The highest BCUT2D eigenvalue weighted by Gasteiger charge is 2.34. The van der Waals surface area contributed by atoms with Gasteiger partial charge in [-0.15, -0.1) is 11.6 Å². The van der Waals surface area contributed by atoms with Crippen LogP contribution >= 0.6 is 11.6 Å². The molecule has 1 saturated carbocycles. The lowest BCUT2D eigenvalue weighted by Crippen LogP contribution is -2.18. The zero-order chi connectivity index (χ0) is 15.0. The summed E-state index contributed by atoms with van der Waals surface area (Å²) in [7, 11) is 0. The van der Waals surface area contributed by atoms with E-state index in [2.05, 4.69) is 43.5 Å². The van der Waals surface area contributed by atoms with Gasteiger partial charge in [0.25, 0.3) is 0 Å². The predicted molar refractivity (Wildman–Crippen MR) is 90.1 cm³/mol. The van der Waals surface area contributed by atoms with E-state index in [-0.39, 0.29) is 0 Å². The van der Waals surface area contributed by atoms with Crippen molar-refractivity contribution in [1.82, 2.24) is 9.55 Å². The third kappa shape index (κ3) is 2.48. The second-order valence-electron chi connectivity index (χ2n) is 6.45. The van der Waals surface area contributed by atoms with Gasteiger partial charge in [-0.1, -0.05) is 32.4 Å². The van der Waals surface area contributed by atoms with Crippen LogP contribution in [0.1, 0.15) is 50.5 Å². The minimum atomic E-state index is 0.583. The number of fused-ring (bicyclic) bond motifs is 1. The van der Waals surface area contributed by atoms with E-state index in [1.165, 1.54) is 36.2 Å². The number of aromatic nitrogens is 2. The summed E-state index contributed by atoms with van der Waals surface area (Å²) in [6.07, 6.45) is 4.76. The molecule has 1 fully saturated rings. The predicted octanol–water partition coefficient (Wildman–Crippen LogP) is 5.12. The van der Waals surface area contributed by atoms with Crippen molar-refractivity contribution in [1.29, 1.82) is 0 Å². The van der Waals surface area contributed by atoms with Crippen LogP contribution in [0.4, 0.5) is 0 Å². The number of imidazole rings is 1. The minimum Gasteiger partial charge on any atom is -0.325 e. The molecular formula is C18H25ClN2. The van der Waals surface area contributed by atoms with Crippen molar-refractivity contribution in [3.05, 3.63) is 29.6 Å². The quantitative estimate of drug-likeness (QED) is 0.717. The van der Waals surface area contributed by atoms with Gasteiger partial charge in [0.15, 0.2) is 0 Å². The lowest BCUT2D eigenvalue weighted by Gasteiger charge is -2.23. The average molecular weight is 305 g/mol. The van der Waals surface area contributed by atoms with Gasteiger partial charge in [0, 0.05) is 18.3 Å². The van der Waals surface area contributed by atoms with Gasteiger partial charge >= 0.3 is 0 Å². The van der Waals surface area contributed by atoms with E-state index in [4.69, 9.17) is 16.6 Å². The third-order valence-electron chi connectivity index (χ3n) is 5.35. The van der Waals surface area contributed by atoms with Crippen LogP contribution in [0.3, 0.4) is 0 Å². The Hall–Kier alpha value is -1.02. The Morgan fingerprint density at radius 1 is 1.33 bits per heavy atom. The first kappa shape index (κ1) is 14.9. The summed E-state index contributed by atoms with van der Waals surface area (Å²) in [5.41, 5.74) is 3.72. The number of aryl methyl sites for hydroxylation is 2.